The van der Waals surface area contributed by atoms with Gasteiger partial charge in [-0.15, -0.1) is 38.0 Å². The molecule has 1 aliphatic heterocycles. The van der Waals surface area contributed by atoms with E-state index in [-0.39, 0.29) is 42.1 Å². The number of hydrogen-bond donors (Lipinski definition) is 2. The van der Waals surface area contributed by atoms with Gasteiger partial charge in [0.05, 0.1) is 24.8 Å². The van der Waals surface area contributed by atoms with Gasteiger partial charge in [-0.1, -0.05) is 12.1 Å². The Morgan fingerprint density at radius 3 is 2.26 bits per heavy atom. The molecular formula is C20H22Cl2F3N3O3. The zero-order valence-electron chi connectivity index (χ0n) is 16.5. The first-order valence-electron chi connectivity index (χ1n) is 8.94. The van der Waals surface area contributed by atoms with E-state index in [0.717, 1.165) is 13.1 Å². The summed E-state index contributed by atoms with van der Waals surface area (Å²) in [5, 5.41) is 23.3. The fraction of sp³-hybridized carbons (Fsp3) is 0.350. The summed E-state index contributed by atoms with van der Waals surface area (Å²) in [5.74, 6) is -0.269. The molecule has 0 radical (unpaired) electrons. The van der Waals surface area contributed by atoms with Crippen LogP contribution in [0.5, 0.6) is 17.2 Å². The number of benzene rings is 2. The number of phenols is 1. The Morgan fingerprint density at radius 1 is 1.13 bits per heavy atom. The third kappa shape index (κ3) is 6.55. The average Bonchev–Trinajstić information content (AvgIpc) is 2.70. The Bertz CT molecular complexity index is 900. The van der Waals surface area contributed by atoms with Crippen LogP contribution in [0.15, 0.2) is 36.4 Å². The van der Waals surface area contributed by atoms with Crippen molar-refractivity contribution in [3.05, 3.63) is 53.1 Å². The second kappa shape index (κ2) is 11.3. The zero-order chi connectivity index (χ0) is 21.0. The van der Waals surface area contributed by atoms with Crippen molar-refractivity contribution >= 4 is 24.8 Å². The smallest absolute Gasteiger partial charge is 0.504 e. The van der Waals surface area contributed by atoms with Crippen molar-refractivity contribution in [1.82, 2.24) is 10.2 Å². The maximum Gasteiger partial charge on any atom is 0.573 e. The van der Waals surface area contributed by atoms with Crippen LogP contribution < -0.4 is 14.8 Å². The van der Waals surface area contributed by atoms with Crippen LogP contribution in [0.3, 0.4) is 0 Å². The van der Waals surface area contributed by atoms with E-state index in [1.54, 1.807) is 6.07 Å². The molecule has 1 saturated heterocycles. The van der Waals surface area contributed by atoms with E-state index in [2.05, 4.69) is 15.0 Å². The number of rotatable bonds is 5. The molecule has 2 N–H and O–H groups in total. The SMILES string of the molecule is COc1cc(C#N)cc([C@H](c2ccc(OC(F)(F)F)cc2)N2CCNCC2)c1O.Cl.Cl. The van der Waals surface area contributed by atoms with E-state index in [1.807, 2.05) is 6.07 Å². The van der Waals surface area contributed by atoms with E-state index in [0.29, 0.717) is 29.8 Å². The Balaban J connectivity index is 0.00000240. The van der Waals surface area contributed by atoms with Crippen LogP contribution in [-0.2, 0) is 0 Å². The highest BCUT2D eigenvalue weighted by atomic mass is 35.5. The minimum absolute atomic E-state index is 0. The van der Waals surface area contributed by atoms with Crippen LogP contribution in [-0.4, -0.2) is 49.7 Å². The predicted octanol–water partition coefficient (Wildman–Crippen LogP) is 4.01. The monoisotopic (exact) mass is 479 g/mol. The Kier molecular flexibility index (Phi) is 9.72. The first-order valence-corrected chi connectivity index (χ1v) is 8.94. The Morgan fingerprint density at radius 2 is 1.74 bits per heavy atom. The molecule has 31 heavy (non-hydrogen) atoms. The van der Waals surface area contributed by atoms with Crippen LogP contribution >= 0.6 is 24.8 Å². The van der Waals surface area contributed by atoms with E-state index < -0.39 is 12.4 Å². The standard InChI is InChI=1S/C20H20F3N3O3.2ClH/c1-28-17-11-13(12-24)10-16(19(17)27)18(26-8-6-25-7-9-26)14-2-4-15(5-3-14)29-20(21,22)23;;/h2-5,10-11,18,25,27H,6-9H2,1H3;2*1H/t18-;;/m0../s1. The normalized spacial score (nSPS) is 15.1. The van der Waals surface area contributed by atoms with Crippen LogP contribution in [0, 0.1) is 11.3 Å². The topological polar surface area (TPSA) is 77.8 Å². The third-order valence-electron chi connectivity index (χ3n) is 4.69. The number of hydrogen-bond acceptors (Lipinski definition) is 6. The van der Waals surface area contributed by atoms with Crippen molar-refractivity contribution in [2.75, 3.05) is 33.3 Å². The van der Waals surface area contributed by atoms with Gasteiger partial charge in [0.2, 0.25) is 0 Å². The lowest BCUT2D eigenvalue weighted by atomic mass is 9.93. The van der Waals surface area contributed by atoms with Gasteiger partial charge < -0.3 is 19.9 Å². The molecule has 0 bridgehead atoms. The molecule has 0 aromatic heterocycles. The molecule has 11 heteroatoms. The molecule has 6 nitrogen and oxygen atoms in total. The first kappa shape index (κ1) is 26.7. The molecule has 0 aliphatic carbocycles. The fourth-order valence-electron chi connectivity index (χ4n) is 3.44. The Labute approximate surface area is 190 Å². The number of piperazine rings is 1. The van der Waals surface area contributed by atoms with Gasteiger partial charge in [-0.05, 0) is 23.8 Å². The largest absolute Gasteiger partial charge is 0.573 e. The highest BCUT2D eigenvalue weighted by Crippen LogP contribution is 2.41. The van der Waals surface area contributed by atoms with Crippen molar-refractivity contribution in [2.24, 2.45) is 0 Å². The van der Waals surface area contributed by atoms with Crippen molar-refractivity contribution < 1.29 is 27.8 Å². The van der Waals surface area contributed by atoms with Crippen molar-refractivity contribution in [1.29, 1.82) is 5.26 Å². The van der Waals surface area contributed by atoms with E-state index >= 15 is 0 Å². The minimum Gasteiger partial charge on any atom is -0.504 e. The van der Waals surface area contributed by atoms with Crippen molar-refractivity contribution in [2.45, 2.75) is 12.4 Å². The summed E-state index contributed by atoms with van der Waals surface area (Å²) >= 11 is 0. The lowest BCUT2D eigenvalue weighted by Crippen LogP contribution is -2.45. The van der Waals surface area contributed by atoms with Crippen molar-refractivity contribution in [3.63, 3.8) is 0 Å². The number of ether oxygens (including phenoxy) is 2. The van der Waals surface area contributed by atoms with Gasteiger partial charge in [0.15, 0.2) is 11.5 Å². The number of halogens is 5. The molecule has 1 fully saturated rings. The summed E-state index contributed by atoms with van der Waals surface area (Å²) in [6.45, 7) is 2.76. The molecule has 0 amide bonds. The predicted molar refractivity (Wildman–Crippen MR) is 113 cm³/mol. The van der Waals surface area contributed by atoms with Crippen molar-refractivity contribution in [3.8, 4) is 23.3 Å². The molecule has 0 saturated carbocycles. The average molecular weight is 480 g/mol. The molecule has 1 heterocycles. The maximum atomic E-state index is 12.5. The third-order valence-corrected chi connectivity index (χ3v) is 4.69. The van der Waals surface area contributed by atoms with Gasteiger partial charge in [0.1, 0.15) is 5.75 Å². The highest BCUT2D eigenvalue weighted by Gasteiger charge is 2.32. The molecule has 0 spiro atoms. The Hall–Kier alpha value is -2.38. The molecule has 170 valence electrons. The highest BCUT2D eigenvalue weighted by molar-refractivity contribution is 5.85. The molecule has 1 aliphatic rings. The van der Waals surface area contributed by atoms with Crippen LogP contribution in [0.25, 0.3) is 0 Å². The summed E-state index contributed by atoms with van der Waals surface area (Å²) in [6.07, 6.45) is -4.77. The van der Waals surface area contributed by atoms with Crippen LogP contribution in [0.1, 0.15) is 22.7 Å². The summed E-state index contributed by atoms with van der Waals surface area (Å²) in [6, 6.07) is 10.1. The van der Waals surface area contributed by atoms with Crippen LogP contribution in [0.4, 0.5) is 13.2 Å². The van der Waals surface area contributed by atoms with Gasteiger partial charge in [-0.3, -0.25) is 4.90 Å². The van der Waals surface area contributed by atoms with Gasteiger partial charge >= 0.3 is 6.36 Å². The number of methoxy groups -OCH3 is 1. The maximum absolute atomic E-state index is 12.5. The lowest BCUT2D eigenvalue weighted by Gasteiger charge is -2.36. The summed E-state index contributed by atoms with van der Waals surface area (Å²) in [5.41, 5.74) is 1.42. The van der Waals surface area contributed by atoms with E-state index in [9.17, 15) is 23.5 Å². The molecular weight excluding hydrogens is 458 g/mol. The number of phenolic OH excluding ortho intramolecular Hbond substituents is 1. The number of aromatic hydroxyl groups is 1. The lowest BCUT2D eigenvalue weighted by molar-refractivity contribution is -0.274. The fourth-order valence-corrected chi connectivity index (χ4v) is 3.44. The zero-order valence-corrected chi connectivity index (χ0v) is 18.1. The second-order valence-corrected chi connectivity index (χ2v) is 6.53. The quantitative estimate of drug-likeness (QED) is 0.674. The minimum atomic E-state index is -4.77. The number of nitrogens with zero attached hydrogens (tertiary/aromatic N) is 2. The molecule has 2 aromatic carbocycles. The molecule has 3 rings (SSSR count). The molecule has 2 aromatic rings. The van der Waals surface area contributed by atoms with E-state index in [1.165, 1.54) is 37.4 Å². The second-order valence-electron chi connectivity index (χ2n) is 6.53. The van der Waals surface area contributed by atoms with Gasteiger partial charge in [-0.2, -0.15) is 5.26 Å². The molecule has 0 unspecified atom stereocenters. The van der Waals surface area contributed by atoms with Gasteiger partial charge in [-0.25, -0.2) is 0 Å². The first-order chi connectivity index (χ1) is 13.8. The number of alkyl halides is 3. The molecule has 1 atom stereocenters. The van der Waals surface area contributed by atoms with Crippen LogP contribution in [0.2, 0.25) is 0 Å². The summed E-state index contributed by atoms with van der Waals surface area (Å²) < 4.78 is 46.5. The van der Waals surface area contributed by atoms with Gasteiger partial charge in [0.25, 0.3) is 0 Å². The van der Waals surface area contributed by atoms with Gasteiger partial charge in [0, 0.05) is 37.8 Å². The summed E-state index contributed by atoms with van der Waals surface area (Å²) in [4.78, 5) is 2.09. The summed E-state index contributed by atoms with van der Waals surface area (Å²) in [7, 11) is 1.39. The number of nitrogens with one attached hydrogen (secondary N) is 1. The number of nitriles is 1. The van der Waals surface area contributed by atoms with E-state index in [4.69, 9.17) is 4.74 Å².